The summed E-state index contributed by atoms with van der Waals surface area (Å²) in [5.41, 5.74) is 2.05. The van der Waals surface area contributed by atoms with E-state index in [9.17, 15) is 9.59 Å². The number of carbonyl (C=O) groups is 2. The fourth-order valence-electron chi connectivity index (χ4n) is 4.15. The summed E-state index contributed by atoms with van der Waals surface area (Å²) in [4.78, 5) is 25.1. The predicted molar refractivity (Wildman–Crippen MR) is 86.6 cm³/mol. The van der Waals surface area contributed by atoms with Gasteiger partial charge in [0.2, 0.25) is 11.8 Å². The molecule has 122 valence electrons. The second-order valence-electron chi connectivity index (χ2n) is 6.86. The Bertz CT molecular complexity index is 872. The van der Waals surface area contributed by atoms with Gasteiger partial charge in [-0.05, 0) is 37.3 Å². The third-order valence-corrected chi connectivity index (χ3v) is 5.53. The Kier molecular flexibility index (Phi) is 2.69. The van der Waals surface area contributed by atoms with Crippen LogP contribution in [0.5, 0.6) is 0 Å². The molecule has 2 heterocycles. The summed E-state index contributed by atoms with van der Waals surface area (Å²) in [7, 11) is 0. The fourth-order valence-corrected chi connectivity index (χ4v) is 4.15. The van der Waals surface area contributed by atoms with E-state index in [-0.39, 0.29) is 17.7 Å². The summed E-state index contributed by atoms with van der Waals surface area (Å²) in [5, 5.41) is 9.80. The smallest absolute Gasteiger partial charge is 0.235 e. The van der Waals surface area contributed by atoms with Crippen LogP contribution in [0.1, 0.15) is 36.1 Å². The molecule has 2 N–H and O–H groups in total. The minimum atomic E-state index is -0.704. The van der Waals surface area contributed by atoms with E-state index >= 15 is 0 Å². The maximum atomic E-state index is 12.7. The highest BCUT2D eigenvalue weighted by molar-refractivity contribution is 6.14. The number of aromatic nitrogens is 1. The molecule has 2 unspecified atom stereocenters. The summed E-state index contributed by atoms with van der Waals surface area (Å²) in [6, 6.07) is 7.60. The number of benzene rings is 1. The molecule has 3 aliphatic rings. The van der Waals surface area contributed by atoms with Gasteiger partial charge in [0, 0.05) is 17.7 Å². The molecule has 1 aromatic heterocycles. The molecule has 0 bridgehead atoms. The van der Waals surface area contributed by atoms with E-state index in [1.807, 2.05) is 24.3 Å². The molecule has 1 spiro atoms. The zero-order valence-electron chi connectivity index (χ0n) is 13.1. The van der Waals surface area contributed by atoms with Crippen LogP contribution in [0.2, 0.25) is 0 Å². The number of anilines is 2. The molecular weight excluding hydrogens is 306 g/mol. The highest BCUT2D eigenvalue weighted by Crippen LogP contribution is 2.60. The van der Waals surface area contributed by atoms with Gasteiger partial charge >= 0.3 is 0 Å². The van der Waals surface area contributed by atoms with Crippen LogP contribution in [0.4, 0.5) is 11.5 Å². The van der Waals surface area contributed by atoms with E-state index in [2.05, 4.69) is 15.8 Å². The van der Waals surface area contributed by atoms with E-state index in [1.54, 1.807) is 0 Å². The van der Waals surface area contributed by atoms with E-state index in [4.69, 9.17) is 4.52 Å². The SMILES string of the molecule is O=C(Nc1noc2c1CCCC2)C1CC12C(=O)Nc1ccccc12. The summed E-state index contributed by atoms with van der Waals surface area (Å²) >= 11 is 0. The Morgan fingerprint density at radius 2 is 2.12 bits per heavy atom. The molecule has 6 nitrogen and oxygen atoms in total. The van der Waals surface area contributed by atoms with E-state index in [0.29, 0.717) is 12.2 Å². The largest absolute Gasteiger partial charge is 0.359 e. The van der Waals surface area contributed by atoms with Crippen LogP contribution < -0.4 is 10.6 Å². The molecule has 0 saturated heterocycles. The van der Waals surface area contributed by atoms with E-state index in [0.717, 1.165) is 48.3 Å². The average Bonchev–Trinajstić information content (AvgIpc) is 3.15. The number of amides is 2. The number of carbonyl (C=O) groups excluding carboxylic acids is 2. The molecule has 1 aliphatic heterocycles. The van der Waals surface area contributed by atoms with Crippen LogP contribution in [0.15, 0.2) is 28.8 Å². The van der Waals surface area contributed by atoms with Crippen molar-refractivity contribution >= 4 is 23.3 Å². The molecule has 24 heavy (non-hydrogen) atoms. The zero-order valence-corrected chi connectivity index (χ0v) is 13.1. The number of fused-ring (bicyclic) bond motifs is 3. The Morgan fingerprint density at radius 1 is 1.29 bits per heavy atom. The van der Waals surface area contributed by atoms with Crippen LogP contribution >= 0.6 is 0 Å². The predicted octanol–water partition coefficient (Wildman–Crippen LogP) is 2.40. The van der Waals surface area contributed by atoms with E-state index < -0.39 is 5.41 Å². The standard InChI is InChI=1S/C18H17N3O3/c22-16(20-15-10-5-1-4-8-14(10)24-21-15)12-9-18(12)11-6-2-3-7-13(11)19-17(18)23/h2-3,6-7,12H,1,4-5,8-9H2,(H,19,23)(H,20,21,22). The van der Waals surface area contributed by atoms with Crippen LogP contribution in [-0.2, 0) is 27.8 Å². The van der Waals surface area contributed by atoms with E-state index in [1.165, 1.54) is 0 Å². The summed E-state index contributed by atoms with van der Waals surface area (Å²) < 4.78 is 5.34. The number of para-hydroxylation sites is 1. The first-order chi connectivity index (χ1) is 11.7. The number of hydrogen-bond acceptors (Lipinski definition) is 4. The molecule has 1 aromatic carbocycles. The van der Waals surface area contributed by atoms with Gasteiger partial charge in [-0.1, -0.05) is 23.4 Å². The van der Waals surface area contributed by atoms with Gasteiger partial charge in [0.1, 0.15) is 5.76 Å². The number of nitrogens with one attached hydrogen (secondary N) is 2. The molecule has 2 aromatic rings. The Labute approximate surface area is 138 Å². The van der Waals surface area contributed by atoms with Crippen molar-refractivity contribution in [3.05, 3.63) is 41.2 Å². The number of rotatable bonds is 2. The number of hydrogen-bond donors (Lipinski definition) is 2. The Morgan fingerprint density at radius 3 is 3.04 bits per heavy atom. The highest BCUT2D eigenvalue weighted by Gasteiger charge is 2.67. The fraction of sp³-hybridized carbons (Fsp3) is 0.389. The third kappa shape index (κ3) is 1.74. The van der Waals surface area contributed by atoms with Gasteiger partial charge in [-0.25, -0.2) is 0 Å². The van der Waals surface area contributed by atoms with Crippen molar-refractivity contribution in [1.29, 1.82) is 0 Å². The third-order valence-electron chi connectivity index (χ3n) is 5.53. The van der Waals surface area contributed by atoms with Crippen LogP contribution in [0.25, 0.3) is 0 Å². The molecule has 1 fully saturated rings. The molecule has 1 saturated carbocycles. The molecule has 2 aliphatic carbocycles. The van der Waals surface area contributed by atoms with Crippen molar-refractivity contribution in [2.45, 2.75) is 37.5 Å². The van der Waals surface area contributed by atoms with Gasteiger partial charge in [0.25, 0.3) is 0 Å². The number of nitrogens with zero attached hydrogens (tertiary/aromatic N) is 1. The molecular formula is C18H17N3O3. The first-order valence-corrected chi connectivity index (χ1v) is 8.39. The van der Waals surface area contributed by atoms with Crippen LogP contribution in [0.3, 0.4) is 0 Å². The quantitative estimate of drug-likeness (QED) is 0.889. The lowest BCUT2D eigenvalue weighted by Gasteiger charge is -2.11. The minimum absolute atomic E-state index is 0.0777. The minimum Gasteiger partial charge on any atom is -0.359 e. The Balaban J connectivity index is 1.40. The lowest BCUT2D eigenvalue weighted by Crippen LogP contribution is -2.27. The molecule has 5 rings (SSSR count). The molecule has 6 heteroatoms. The first kappa shape index (κ1) is 13.8. The van der Waals surface area contributed by atoms with Crippen molar-refractivity contribution in [3.63, 3.8) is 0 Å². The lowest BCUT2D eigenvalue weighted by molar-refractivity contribution is -0.122. The first-order valence-electron chi connectivity index (χ1n) is 8.39. The second kappa shape index (κ2) is 4.69. The summed E-state index contributed by atoms with van der Waals surface area (Å²) in [6.07, 6.45) is 4.48. The zero-order chi connectivity index (χ0) is 16.3. The van der Waals surface area contributed by atoms with Crippen molar-refractivity contribution < 1.29 is 14.1 Å². The molecule has 2 amide bonds. The highest BCUT2D eigenvalue weighted by atomic mass is 16.5. The summed E-state index contributed by atoms with van der Waals surface area (Å²) in [6.45, 7) is 0. The topological polar surface area (TPSA) is 84.2 Å². The van der Waals surface area contributed by atoms with Gasteiger partial charge in [-0.2, -0.15) is 0 Å². The van der Waals surface area contributed by atoms with Crippen LogP contribution in [0, 0.1) is 5.92 Å². The van der Waals surface area contributed by atoms with Gasteiger partial charge in [-0.3, -0.25) is 9.59 Å². The van der Waals surface area contributed by atoms with Crippen LogP contribution in [-0.4, -0.2) is 17.0 Å². The van der Waals surface area contributed by atoms with Gasteiger partial charge in [0.05, 0.1) is 11.3 Å². The van der Waals surface area contributed by atoms with Gasteiger partial charge in [0.15, 0.2) is 5.82 Å². The monoisotopic (exact) mass is 323 g/mol. The van der Waals surface area contributed by atoms with Crippen molar-refractivity contribution in [2.75, 3.05) is 10.6 Å². The molecule has 0 radical (unpaired) electrons. The maximum absolute atomic E-state index is 12.7. The second-order valence-corrected chi connectivity index (χ2v) is 6.86. The average molecular weight is 323 g/mol. The number of aryl methyl sites for hydroxylation is 1. The van der Waals surface area contributed by atoms with Crippen molar-refractivity contribution in [1.82, 2.24) is 5.16 Å². The normalized spacial score (nSPS) is 26.7. The Hall–Kier alpha value is -2.63. The van der Waals surface area contributed by atoms with Gasteiger partial charge in [-0.15, -0.1) is 0 Å². The lowest BCUT2D eigenvalue weighted by atomic mass is 9.94. The van der Waals surface area contributed by atoms with Crippen molar-refractivity contribution in [3.8, 4) is 0 Å². The van der Waals surface area contributed by atoms with Crippen molar-refractivity contribution in [2.24, 2.45) is 5.92 Å². The maximum Gasteiger partial charge on any atom is 0.235 e. The summed E-state index contributed by atoms with van der Waals surface area (Å²) in [5.74, 6) is 0.834. The van der Waals surface area contributed by atoms with Gasteiger partial charge < -0.3 is 15.2 Å². The molecule has 2 atom stereocenters.